The summed E-state index contributed by atoms with van der Waals surface area (Å²) in [6.07, 6.45) is 0. The molecule has 10 nitrogen and oxygen atoms in total. The van der Waals surface area contributed by atoms with Gasteiger partial charge in [-0.15, -0.1) is 0 Å². The smallest absolute Gasteiger partial charge is 0.340 e. The first-order chi connectivity index (χ1) is 20.2. The largest absolute Gasteiger partial charge is 0.462 e. The van der Waals surface area contributed by atoms with Gasteiger partial charge >= 0.3 is 23.9 Å². The number of nitrogen functional groups attached to an aromatic ring is 2. The fourth-order valence-electron chi connectivity index (χ4n) is 4.94. The first-order valence-electron chi connectivity index (χ1n) is 13.6. The van der Waals surface area contributed by atoms with E-state index in [1.165, 1.54) is 0 Å². The zero-order valence-corrected chi connectivity index (χ0v) is 23.9. The molecule has 0 aliphatic heterocycles. The molecule has 0 aromatic heterocycles. The zero-order chi connectivity index (χ0) is 30.6. The number of carbonyl (C=O) groups is 4. The number of esters is 4. The molecule has 0 bridgehead atoms. The molecule has 0 aromatic carbocycles. The highest BCUT2D eigenvalue weighted by Crippen LogP contribution is 2.42. The lowest BCUT2D eigenvalue weighted by atomic mass is 10.1. The molecule has 42 heavy (non-hydrogen) atoms. The highest BCUT2D eigenvalue weighted by atomic mass is 16.5. The number of rotatable bonds is 9. The SMILES string of the molecule is CCOC(=O)c1c2ccc(-c3ccc4c(C(=O)OCC)c(N)c(C(=O)OCC)c-4cc3)ccc-2c(C(=O)OCC)c1N. The van der Waals surface area contributed by atoms with Gasteiger partial charge < -0.3 is 30.4 Å². The molecule has 4 aliphatic rings. The van der Waals surface area contributed by atoms with Crippen LogP contribution in [0.1, 0.15) is 69.1 Å². The van der Waals surface area contributed by atoms with Crippen LogP contribution in [0.2, 0.25) is 0 Å². The summed E-state index contributed by atoms with van der Waals surface area (Å²) < 4.78 is 20.8. The molecule has 0 saturated carbocycles. The summed E-state index contributed by atoms with van der Waals surface area (Å²) in [5.74, 6) is -2.60. The van der Waals surface area contributed by atoms with Gasteiger partial charge in [0.15, 0.2) is 0 Å². The summed E-state index contributed by atoms with van der Waals surface area (Å²) in [6.45, 7) is 7.24. The van der Waals surface area contributed by atoms with Crippen LogP contribution in [-0.2, 0) is 18.9 Å². The number of ether oxygens (including phenoxy) is 4. The predicted octanol–water partition coefficient (Wildman–Crippen LogP) is 5.43. The maximum Gasteiger partial charge on any atom is 0.340 e. The average Bonchev–Trinajstić information content (AvgIpc) is 3.15. The van der Waals surface area contributed by atoms with E-state index in [2.05, 4.69) is 0 Å². The topological polar surface area (TPSA) is 157 Å². The second kappa shape index (κ2) is 12.6. The second-order valence-electron chi connectivity index (χ2n) is 9.11. The molecule has 4 aliphatic carbocycles. The van der Waals surface area contributed by atoms with Crippen LogP contribution in [0.4, 0.5) is 11.4 Å². The van der Waals surface area contributed by atoms with Gasteiger partial charge in [0.2, 0.25) is 0 Å². The first kappa shape index (κ1) is 29.9. The monoisotopic (exact) mass is 572 g/mol. The summed E-state index contributed by atoms with van der Waals surface area (Å²) in [6, 6.07) is 13.8. The number of hydrogen-bond acceptors (Lipinski definition) is 10. The molecule has 0 fully saturated rings. The molecule has 0 spiro atoms. The van der Waals surface area contributed by atoms with Crippen molar-refractivity contribution < 1.29 is 38.1 Å². The first-order valence-corrected chi connectivity index (χ1v) is 13.6. The van der Waals surface area contributed by atoms with Gasteiger partial charge in [0.1, 0.15) is 0 Å². The Morgan fingerprint density at radius 2 is 0.667 bits per heavy atom. The second-order valence-corrected chi connectivity index (χ2v) is 9.11. The van der Waals surface area contributed by atoms with E-state index in [9.17, 15) is 19.2 Å². The lowest BCUT2D eigenvalue weighted by Gasteiger charge is -2.03. The summed E-state index contributed by atoms with van der Waals surface area (Å²) in [4.78, 5) is 51.3. The molecule has 0 radical (unpaired) electrons. The highest BCUT2D eigenvalue weighted by Gasteiger charge is 2.32. The Kier molecular flexibility index (Phi) is 8.95. The van der Waals surface area contributed by atoms with Crippen molar-refractivity contribution in [1.29, 1.82) is 0 Å². The van der Waals surface area contributed by atoms with Crippen LogP contribution >= 0.6 is 0 Å². The van der Waals surface area contributed by atoms with Crippen LogP contribution < -0.4 is 11.5 Å². The van der Waals surface area contributed by atoms with Gasteiger partial charge in [-0.05, 0) is 61.1 Å². The number of fused-ring (bicyclic) bond motifs is 2. The standard InChI is InChI=1S/C32H32N2O8/c1-5-39-29(35)23-19-13-9-17(10-14-20(19)24(27(23)33)30(36)40-6-2)18-11-15-21-22(16-12-18)26(32(38)42-8-4)28(34)25(21)31(37)41-7-3/h9-16H,5-8,33-34H2,1-4H3. The highest BCUT2D eigenvalue weighted by molar-refractivity contribution is 6.16. The molecule has 0 amide bonds. The zero-order valence-electron chi connectivity index (χ0n) is 23.9. The van der Waals surface area contributed by atoms with E-state index < -0.39 is 23.9 Å². The van der Waals surface area contributed by atoms with E-state index in [0.717, 1.165) is 0 Å². The molecule has 0 saturated heterocycles. The Morgan fingerprint density at radius 1 is 0.452 bits per heavy atom. The molecule has 0 aromatic rings. The third-order valence-corrected chi connectivity index (χ3v) is 6.70. The quantitative estimate of drug-likeness (QED) is 0.196. The number of anilines is 2. The fourth-order valence-corrected chi connectivity index (χ4v) is 4.94. The fraction of sp³-hybridized carbons (Fsp3) is 0.250. The Balaban J connectivity index is 1.93. The third kappa shape index (κ3) is 5.30. The maximum atomic E-state index is 12.8. The van der Waals surface area contributed by atoms with Crippen molar-refractivity contribution in [3.05, 3.63) is 70.8 Å². The molecule has 0 unspecified atom stereocenters. The van der Waals surface area contributed by atoms with E-state index in [0.29, 0.717) is 33.4 Å². The van der Waals surface area contributed by atoms with E-state index >= 15 is 0 Å². The van der Waals surface area contributed by atoms with Crippen molar-refractivity contribution in [2.24, 2.45) is 0 Å². The van der Waals surface area contributed by atoms with Gasteiger partial charge in [-0.25, -0.2) is 19.2 Å². The van der Waals surface area contributed by atoms with Gasteiger partial charge in [0.25, 0.3) is 0 Å². The van der Waals surface area contributed by atoms with E-state index in [1.807, 2.05) is 0 Å². The van der Waals surface area contributed by atoms with Crippen molar-refractivity contribution >= 4 is 35.3 Å². The van der Waals surface area contributed by atoms with Gasteiger partial charge in [-0.2, -0.15) is 0 Å². The summed E-state index contributed by atoms with van der Waals surface area (Å²) in [5.41, 5.74) is 16.0. The minimum absolute atomic E-state index is 0.00455. The van der Waals surface area contributed by atoms with Gasteiger partial charge in [-0.3, -0.25) is 0 Å². The normalized spacial score (nSPS) is 10.9. The molecule has 218 valence electrons. The summed E-state index contributed by atoms with van der Waals surface area (Å²) >= 11 is 0. The number of nitrogens with two attached hydrogens (primary N) is 2. The van der Waals surface area contributed by atoms with Crippen LogP contribution in [-0.4, -0.2) is 50.3 Å². The number of hydrogen-bond donors (Lipinski definition) is 2. The molecule has 10 heteroatoms. The minimum atomic E-state index is -0.649. The van der Waals surface area contributed by atoms with E-state index in [4.69, 9.17) is 30.4 Å². The van der Waals surface area contributed by atoms with Gasteiger partial charge in [-0.1, -0.05) is 48.5 Å². The predicted molar refractivity (Wildman–Crippen MR) is 158 cm³/mol. The van der Waals surface area contributed by atoms with Crippen molar-refractivity contribution in [2.45, 2.75) is 27.7 Å². The molecule has 0 atom stereocenters. The molecule has 4 N–H and O–H groups in total. The number of carbonyl (C=O) groups excluding carboxylic acids is 4. The van der Waals surface area contributed by atoms with E-state index in [-0.39, 0.29) is 60.1 Å². The van der Waals surface area contributed by atoms with Crippen molar-refractivity contribution in [3.8, 4) is 33.4 Å². The van der Waals surface area contributed by atoms with Crippen molar-refractivity contribution in [2.75, 3.05) is 37.9 Å². The minimum Gasteiger partial charge on any atom is -0.462 e. The summed E-state index contributed by atoms with van der Waals surface area (Å²) in [7, 11) is 0. The Bertz CT molecular complexity index is 1400. The van der Waals surface area contributed by atoms with Crippen LogP contribution in [0.5, 0.6) is 0 Å². The van der Waals surface area contributed by atoms with Crippen LogP contribution in [0.15, 0.2) is 48.5 Å². The Morgan fingerprint density at radius 3 is 0.857 bits per heavy atom. The van der Waals surface area contributed by atoms with Gasteiger partial charge in [0.05, 0.1) is 60.1 Å². The van der Waals surface area contributed by atoms with E-state index in [1.54, 1.807) is 76.2 Å². The third-order valence-electron chi connectivity index (χ3n) is 6.70. The molecular weight excluding hydrogens is 540 g/mol. The Hall–Kier alpha value is -5.12. The lowest BCUT2D eigenvalue weighted by Crippen LogP contribution is -2.09. The van der Waals surface area contributed by atoms with Crippen LogP contribution in [0.25, 0.3) is 33.4 Å². The molecular formula is C32H32N2O8. The average molecular weight is 573 g/mol. The summed E-state index contributed by atoms with van der Waals surface area (Å²) in [5, 5.41) is 0. The van der Waals surface area contributed by atoms with Crippen molar-refractivity contribution in [3.63, 3.8) is 0 Å². The molecule has 0 heterocycles. The lowest BCUT2D eigenvalue weighted by molar-refractivity contribution is 0.0513. The maximum absolute atomic E-state index is 12.8. The van der Waals surface area contributed by atoms with Gasteiger partial charge in [0, 0.05) is 0 Å². The Labute approximate surface area is 243 Å². The molecule has 4 rings (SSSR count). The van der Waals surface area contributed by atoms with Crippen LogP contribution in [0.3, 0.4) is 0 Å². The van der Waals surface area contributed by atoms with Crippen molar-refractivity contribution in [1.82, 2.24) is 0 Å². The van der Waals surface area contributed by atoms with Crippen LogP contribution in [0, 0.1) is 0 Å².